The Morgan fingerprint density at radius 3 is 2.26 bits per heavy atom. The van der Waals surface area contributed by atoms with Crippen LogP contribution in [0.5, 0.6) is 0 Å². The lowest BCUT2D eigenvalue weighted by Crippen LogP contribution is -2.60. The maximum atomic E-state index is 12.8. The molecule has 168 valence electrons. The summed E-state index contributed by atoms with van der Waals surface area (Å²) >= 11 is 0. The fourth-order valence-electron chi connectivity index (χ4n) is 3.02. The summed E-state index contributed by atoms with van der Waals surface area (Å²) in [7, 11) is 0. The molecule has 2 aromatic heterocycles. The SMILES string of the molecule is CC(C)(C)OC(=O)N1CCN(C(=O)Cn2cnnn2)[C@H](CNC(=O)Cn2cnnn2)C1. The van der Waals surface area contributed by atoms with E-state index in [1.807, 2.05) is 0 Å². The third-order valence-electron chi connectivity index (χ3n) is 4.38. The first kappa shape index (κ1) is 22.0. The van der Waals surface area contributed by atoms with E-state index in [1.54, 1.807) is 25.7 Å². The maximum Gasteiger partial charge on any atom is 0.410 e. The number of carbonyl (C=O) groups excluding carboxylic acids is 3. The number of rotatable bonds is 6. The highest BCUT2D eigenvalue weighted by atomic mass is 16.6. The molecule has 1 aliphatic rings. The molecule has 1 aliphatic heterocycles. The highest BCUT2D eigenvalue weighted by Gasteiger charge is 2.34. The van der Waals surface area contributed by atoms with E-state index in [1.165, 1.54) is 26.9 Å². The van der Waals surface area contributed by atoms with Gasteiger partial charge in [-0.3, -0.25) is 9.59 Å². The molecule has 0 bridgehead atoms. The van der Waals surface area contributed by atoms with Gasteiger partial charge in [-0.1, -0.05) is 0 Å². The summed E-state index contributed by atoms with van der Waals surface area (Å²) in [6.45, 7) is 6.19. The van der Waals surface area contributed by atoms with E-state index in [-0.39, 0.29) is 44.5 Å². The van der Waals surface area contributed by atoms with E-state index in [4.69, 9.17) is 4.74 Å². The fraction of sp³-hybridized carbons (Fsp3) is 0.688. The van der Waals surface area contributed by atoms with E-state index >= 15 is 0 Å². The van der Waals surface area contributed by atoms with Gasteiger partial charge in [-0.25, -0.2) is 14.2 Å². The second-order valence-electron chi connectivity index (χ2n) is 7.99. The minimum absolute atomic E-state index is 0.0471. The van der Waals surface area contributed by atoms with Gasteiger partial charge < -0.3 is 19.9 Å². The molecule has 31 heavy (non-hydrogen) atoms. The molecule has 15 heteroatoms. The average Bonchev–Trinajstić information content (AvgIpc) is 3.39. The first-order valence-electron chi connectivity index (χ1n) is 9.67. The summed E-state index contributed by atoms with van der Waals surface area (Å²) < 4.78 is 8.04. The Hall–Kier alpha value is -3.65. The van der Waals surface area contributed by atoms with Crippen molar-refractivity contribution in [3.8, 4) is 0 Å². The van der Waals surface area contributed by atoms with Gasteiger partial charge in [0.15, 0.2) is 0 Å². The van der Waals surface area contributed by atoms with Gasteiger partial charge in [-0.2, -0.15) is 0 Å². The van der Waals surface area contributed by atoms with Crippen LogP contribution >= 0.6 is 0 Å². The van der Waals surface area contributed by atoms with Gasteiger partial charge in [-0.15, -0.1) is 10.2 Å². The van der Waals surface area contributed by atoms with Crippen molar-refractivity contribution in [1.82, 2.24) is 55.5 Å². The largest absolute Gasteiger partial charge is 0.444 e. The third-order valence-corrected chi connectivity index (χ3v) is 4.38. The number of piperazine rings is 1. The highest BCUT2D eigenvalue weighted by molar-refractivity contribution is 5.78. The number of ether oxygens (including phenoxy) is 1. The number of tetrazole rings is 2. The smallest absolute Gasteiger partial charge is 0.410 e. The van der Waals surface area contributed by atoms with Gasteiger partial charge >= 0.3 is 6.09 Å². The fourth-order valence-corrected chi connectivity index (χ4v) is 3.02. The van der Waals surface area contributed by atoms with Gasteiger partial charge in [0.2, 0.25) is 11.8 Å². The zero-order valence-corrected chi connectivity index (χ0v) is 17.6. The molecule has 1 N–H and O–H groups in total. The minimum Gasteiger partial charge on any atom is -0.444 e. The van der Waals surface area contributed by atoms with Crippen LogP contribution in [0.1, 0.15) is 20.8 Å². The molecule has 0 unspecified atom stereocenters. The molecular formula is C16H25N11O4. The van der Waals surface area contributed by atoms with Crippen molar-refractivity contribution in [3.63, 3.8) is 0 Å². The lowest BCUT2D eigenvalue weighted by molar-refractivity contribution is -0.137. The molecule has 0 spiro atoms. The van der Waals surface area contributed by atoms with Crippen molar-refractivity contribution < 1.29 is 19.1 Å². The molecule has 1 fully saturated rings. The summed E-state index contributed by atoms with van der Waals surface area (Å²) in [5.74, 6) is -0.551. The van der Waals surface area contributed by atoms with Gasteiger partial charge in [0.25, 0.3) is 0 Å². The lowest BCUT2D eigenvalue weighted by atomic mass is 10.1. The molecule has 0 radical (unpaired) electrons. The molecule has 0 aliphatic carbocycles. The summed E-state index contributed by atoms with van der Waals surface area (Å²) in [4.78, 5) is 40.7. The van der Waals surface area contributed by atoms with E-state index < -0.39 is 17.7 Å². The maximum absolute atomic E-state index is 12.8. The Kier molecular flexibility index (Phi) is 6.71. The van der Waals surface area contributed by atoms with Crippen LogP contribution in [0.15, 0.2) is 12.7 Å². The number of hydrogen-bond donors (Lipinski definition) is 1. The average molecular weight is 435 g/mol. The van der Waals surface area contributed by atoms with Crippen LogP contribution in [0.4, 0.5) is 4.79 Å². The van der Waals surface area contributed by atoms with E-state index in [0.717, 1.165) is 0 Å². The van der Waals surface area contributed by atoms with Crippen molar-refractivity contribution in [3.05, 3.63) is 12.7 Å². The summed E-state index contributed by atoms with van der Waals surface area (Å²) in [5.41, 5.74) is -0.639. The van der Waals surface area contributed by atoms with Crippen molar-refractivity contribution in [2.45, 2.75) is 45.5 Å². The number of hydrogen-bond acceptors (Lipinski definition) is 10. The number of aromatic nitrogens is 8. The molecule has 15 nitrogen and oxygen atoms in total. The van der Waals surface area contributed by atoms with Crippen LogP contribution in [0.2, 0.25) is 0 Å². The molecule has 0 aromatic carbocycles. The Morgan fingerprint density at radius 1 is 1.03 bits per heavy atom. The van der Waals surface area contributed by atoms with Crippen molar-refractivity contribution in [1.29, 1.82) is 0 Å². The predicted octanol–water partition coefficient (Wildman–Crippen LogP) is -2.08. The van der Waals surface area contributed by atoms with Gasteiger partial charge in [0, 0.05) is 26.2 Å². The van der Waals surface area contributed by atoms with Crippen molar-refractivity contribution >= 4 is 17.9 Å². The Labute approximate surface area is 177 Å². The summed E-state index contributed by atoms with van der Waals surface area (Å²) in [6.07, 6.45) is 2.20. The Morgan fingerprint density at radius 2 is 1.68 bits per heavy atom. The zero-order chi connectivity index (χ0) is 22.4. The van der Waals surface area contributed by atoms with Crippen LogP contribution in [0.3, 0.4) is 0 Å². The van der Waals surface area contributed by atoms with Crippen LogP contribution in [0.25, 0.3) is 0 Å². The van der Waals surface area contributed by atoms with Crippen LogP contribution in [-0.4, -0.2) is 106 Å². The minimum atomic E-state index is -0.639. The Balaban J connectivity index is 1.64. The standard InChI is InChI=1S/C16H25N11O4/c1-16(2,3)31-15(30)24-4-5-27(14(29)9-26-11-19-21-23-26)12(7-24)6-17-13(28)8-25-10-18-20-22-25/h10-12H,4-9H2,1-3H3,(H,17,28)/t12-/m1/s1. The highest BCUT2D eigenvalue weighted by Crippen LogP contribution is 2.15. The van der Waals surface area contributed by atoms with E-state index in [0.29, 0.717) is 6.54 Å². The second-order valence-corrected chi connectivity index (χ2v) is 7.99. The van der Waals surface area contributed by atoms with Gasteiger partial charge in [0.1, 0.15) is 31.3 Å². The monoisotopic (exact) mass is 435 g/mol. The summed E-state index contributed by atoms with van der Waals surface area (Å²) in [6, 6.07) is -0.455. The molecule has 3 heterocycles. The van der Waals surface area contributed by atoms with Crippen LogP contribution in [-0.2, 0) is 27.4 Å². The first-order chi connectivity index (χ1) is 14.7. The molecule has 0 saturated carbocycles. The van der Waals surface area contributed by atoms with E-state index in [2.05, 4.69) is 36.4 Å². The van der Waals surface area contributed by atoms with Gasteiger partial charge in [0.05, 0.1) is 6.04 Å². The molecule has 3 amide bonds. The molecular weight excluding hydrogens is 410 g/mol. The molecule has 2 aromatic rings. The Bertz CT molecular complexity index is 878. The quantitative estimate of drug-likeness (QED) is 0.532. The van der Waals surface area contributed by atoms with Crippen LogP contribution < -0.4 is 5.32 Å². The molecule has 1 atom stereocenters. The second kappa shape index (κ2) is 9.44. The number of nitrogens with one attached hydrogen (secondary N) is 1. The first-order valence-corrected chi connectivity index (χ1v) is 9.67. The topological polar surface area (TPSA) is 166 Å². The lowest BCUT2D eigenvalue weighted by Gasteiger charge is -2.41. The third kappa shape index (κ3) is 6.42. The number of amides is 3. The zero-order valence-electron chi connectivity index (χ0n) is 17.6. The van der Waals surface area contributed by atoms with Crippen LogP contribution in [0, 0.1) is 0 Å². The van der Waals surface area contributed by atoms with Crippen molar-refractivity contribution in [2.24, 2.45) is 0 Å². The van der Waals surface area contributed by atoms with Gasteiger partial charge in [-0.05, 0) is 41.6 Å². The number of nitrogens with zero attached hydrogens (tertiary/aromatic N) is 10. The normalized spacial score (nSPS) is 16.8. The van der Waals surface area contributed by atoms with Crippen molar-refractivity contribution in [2.75, 3.05) is 26.2 Å². The summed E-state index contributed by atoms with van der Waals surface area (Å²) in [5, 5.41) is 24.1. The molecule has 3 rings (SSSR count). The number of carbonyl (C=O) groups is 3. The molecule has 1 saturated heterocycles. The predicted molar refractivity (Wildman–Crippen MR) is 102 cm³/mol. The van der Waals surface area contributed by atoms with E-state index in [9.17, 15) is 14.4 Å².